The first-order valence-corrected chi connectivity index (χ1v) is 12.8. The van der Waals surface area contributed by atoms with Crippen LogP contribution in [-0.2, 0) is 10.0 Å². The molecule has 1 fully saturated rings. The fourth-order valence-electron chi connectivity index (χ4n) is 4.31. The molecule has 0 bridgehead atoms. The fraction of sp³-hybridized carbons (Fsp3) is 0.348. The third-order valence-electron chi connectivity index (χ3n) is 6.18. The van der Waals surface area contributed by atoms with Gasteiger partial charge in [0.1, 0.15) is 0 Å². The first-order valence-electron chi connectivity index (χ1n) is 11.0. The van der Waals surface area contributed by atoms with Crippen molar-refractivity contribution < 1.29 is 13.2 Å². The average Bonchev–Trinajstić information content (AvgIpc) is 2.84. The summed E-state index contributed by atoms with van der Waals surface area (Å²) < 4.78 is 27.8. The number of fused-ring (bicyclic) bond motifs is 2. The van der Waals surface area contributed by atoms with Crippen LogP contribution in [-0.4, -0.2) is 61.8 Å². The molecule has 0 N–H and O–H groups in total. The van der Waals surface area contributed by atoms with E-state index in [0.29, 0.717) is 43.3 Å². The number of anilines is 2. The van der Waals surface area contributed by atoms with E-state index >= 15 is 0 Å². The molecular formula is C23H24ClN5O3S. The molecule has 0 aliphatic carbocycles. The van der Waals surface area contributed by atoms with E-state index in [0.717, 1.165) is 24.8 Å². The van der Waals surface area contributed by atoms with Gasteiger partial charge in [0.15, 0.2) is 11.6 Å². The number of halogens is 1. The van der Waals surface area contributed by atoms with E-state index in [1.165, 1.54) is 27.4 Å². The quantitative estimate of drug-likeness (QED) is 0.563. The molecule has 0 saturated carbocycles. The Morgan fingerprint density at radius 2 is 1.58 bits per heavy atom. The summed E-state index contributed by atoms with van der Waals surface area (Å²) >= 11 is 6.39. The molecule has 3 heterocycles. The smallest absolute Gasteiger partial charge is 0.261 e. The molecule has 3 aromatic rings. The van der Waals surface area contributed by atoms with E-state index in [9.17, 15) is 13.2 Å². The van der Waals surface area contributed by atoms with Crippen LogP contribution < -0.4 is 9.80 Å². The highest BCUT2D eigenvalue weighted by molar-refractivity contribution is 7.89. The van der Waals surface area contributed by atoms with Crippen LogP contribution in [0.25, 0.3) is 11.0 Å². The topological polar surface area (TPSA) is 86.7 Å². The van der Waals surface area contributed by atoms with Gasteiger partial charge in [-0.05, 0) is 43.2 Å². The number of para-hydroxylation sites is 2. The number of nitrogens with zero attached hydrogens (tertiary/aromatic N) is 5. The molecule has 0 radical (unpaired) electrons. The molecule has 8 nitrogen and oxygen atoms in total. The maximum absolute atomic E-state index is 13.6. The molecule has 0 spiro atoms. The zero-order valence-electron chi connectivity index (χ0n) is 18.2. The lowest BCUT2D eigenvalue weighted by molar-refractivity contribution is 0.0986. The van der Waals surface area contributed by atoms with Gasteiger partial charge in [0, 0.05) is 33.2 Å². The molecule has 5 rings (SSSR count). The highest BCUT2D eigenvalue weighted by Gasteiger charge is 2.32. The Hall–Kier alpha value is -2.75. The third-order valence-corrected chi connectivity index (χ3v) is 8.40. The number of aromatic nitrogens is 2. The SMILES string of the molecule is CN1CCN(C(=O)c2cc(S(=O)(=O)N3CCCCC3)ccc2Cl)c2nc3ccccc3nc21. The lowest BCUT2D eigenvalue weighted by atomic mass is 10.1. The summed E-state index contributed by atoms with van der Waals surface area (Å²) in [6.45, 7) is 1.93. The van der Waals surface area contributed by atoms with E-state index in [1.54, 1.807) is 0 Å². The number of hydrogen-bond donors (Lipinski definition) is 0. The van der Waals surface area contributed by atoms with Gasteiger partial charge in [0.2, 0.25) is 10.0 Å². The van der Waals surface area contributed by atoms with Crippen LogP contribution in [0.5, 0.6) is 0 Å². The van der Waals surface area contributed by atoms with Crippen LogP contribution in [0.15, 0.2) is 47.4 Å². The Kier molecular flexibility index (Phi) is 5.72. The fourth-order valence-corrected chi connectivity index (χ4v) is 6.05. The van der Waals surface area contributed by atoms with Gasteiger partial charge in [-0.2, -0.15) is 4.31 Å². The largest absolute Gasteiger partial charge is 0.355 e. The second kappa shape index (κ2) is 8.55. The first-order chi connectivity index (χ1) is 15.9. The standard InChI is InChI=1S/C23H24ClN5O3S/c1-27-13-14-29(22-21(27)25-19-7-3-4-8-20(19)26-22)23(30)17-15-16(9-10-18(17)24)33(31,32)28-11-5-2-6-12-28/h3-4,7-10,15H,2,5-6,11-14H2,1H3. The van der Waals surface area contributed by atoms with Gasteiger partial charge in [0.05, 0.1) is 26.5 Å². The molecule has 10 heteroatoms. The van der Waals surface area contributed by atoms with Gasteiger partial charge in [-0.25, -0.2) is 18.4 Å². The molecule has 172 valence electrons. The van der Waals surface area contributed by atoms with Gasteiger partial charge in [-0.15, -0.1) is 0 Å². The van der Waals surface area contributed by atoms with E-state index in [1.807, 2.05) is 36.2 Å². The van der Waals surface area contributed by atoms with E-state index in [-0.39, 0.29) is 15.5 Å². The summed E-state index contributed by atoms with van der Waals surface area (Å²) in [5.74, 6) is 0.643. The maximum atomic E-state index is 13.6. The zero-order chi connectivity index (χ0) is 23.2. The monoisotopic (exact) mass is 485 g/mol. The van der Waals surface area contributed by atoms with Crippen LogP contribution in [0.3, 0.4) is 0 Å². The normalized spacial score (nSPS) is 17.3. The highest BCUT2D eigenvalue weighted by Crippen LogP contribution is 2.33. The van der Waals surface area contributed by atoms with Crippen LogP contribution >= 0.6 is 11.6 Å². The van der Waals surface area contributed by atoms with Crippen LogP contribution in [0.4, 0.5) is 11.6 Å². The second-order valence-electron chi connectivity index (χ2n) is 8.34. The van der Waals surface area contributed by atoms with Crippen molar-refractivity contribution in [2.75, 3.05) is 43.0 Å². The summed E-state index contributed by atoms with van der Waals surface area (Å²) in [6, 6.07) is 11.8. The minimum absolute atomic E-state index is 0.0797. The van der Waals surface area contributed by atoms with Gasteiger partial charge in [-0.1, -0.05) is 30.2 Å². The van der Waals surface area contributed by atoms with Crippen molar-refractivity contribution in [3.63, 3.8) is 0 Å². The third kappa shape index (κ3) is 3.94. The number of rotatable bonds is 3. The molecular weight excluding hydrogens is 462 g/mol. The van der Waals surface area contributed by atoms with E-state index < -0.39 is 15.9 Å². The second-order valence-corrected chi connectivity index (χ2v) is 10.7. The summed E-state index contributed by atoms with van der Waals surface area (Å²) in [4.78, 5) is 26.6. The molecule has 1 saturated heterocycles. The van der Waals surface area contributed by atoms with Crippen LogP contribution in [0.1, 0.15) is 29.6 Å². The van der Waals surface area contributed by atoms with Gasteiger partial charge >= 0.3 is 0 Å². The Bertz CT molecular complexity index is 1340. The van der Waals surface area contributed by atoms with Gasteiger partial charge in [-0.3, -0.25) is 9.69 Å². The van der Waals surface area contributed by atoms with Crippen molar-refractivity contribution in [1.29, 1.82) is 0 Å². The lowest BCUT2D eigenvalue weighted by Gasteiger charge is -2.34. The predicted octanol–water partition coefficient (Wildman–Crippen LogP) is 3.55. The number of hydrogen-bond acceptors (Lipinski definition) is 6. The number of carbonyl (C=O) groups excluding carboxylic acids is 1. The molecule has 0 atom stereocenters. The van der Waals surface area contributed by atoms with Crippen molar-refractivity contribution in [3.05, 3.63) is 53.1 Å². The zero-order valence-corrected chi connectivity index (χ0v) is 19.8. The maximum Gasteiger partial charge on any atom is 0.261 e. The molecule has 1 aromatic heterocycles. The summed E-state index contributed by atoms with van der Waals surface area (Å²) in [7, 11) is -1.79. The number of likely N-dealkylation sites (N-methyl/N-ethyl adjacent to an activating group) is 1. The van der Waals surface area contributed by atoms with Gasteiger partial charge in [0.25, 0.3) is 5.91 Å². The van der Waals surface area contributed by atoms with Crippen LogP contribution in [0, 0.1) is 0 Å². The molecule has 33 heavy (non-hydrogen) atoms. The number of benzene rings is 2. The van der Waals surface area contributed by atoms with Crippen LogP contribution in [0.2, 0.25) is 5.02 Å². The minimum Gasteiger partial charge on any atom is -0.355 e. The number of sulfonamides is 1. The minimum atomic E-state index is -3.70. The molecule has 2 aliphatic heterocycles. The Morgan fingerprint density at radius 1 is 0.909 bits per heavy atom. The molecule has 1 amide bonds. The Morgan fingerprint density at radius 3 is 2.27 bits per heavy atom. The van der Waals surface area contributed by atoms with Crippen molar-refractivity contribution in [3.8, 4) is 0 Å². The van der Waals surface area contributed by atoms with E-state index in [2.05, 4.69) is 0 Å². The van der Waals surface area contributed by atoms with Crippen molar-refractivity contribution in [1.82, 2.24) is 14.3 Å². The highest BCUT2D eigenvalue weighted by atomic mass is 35.5. The Balaban J connectivity index is 1.55. The van der Waals surface area contributed by atoms with Crippen molar-refractivity contribution in [2.45, 2.75) is 24.2 Å². The lowest BCUT2D eigenvalue weighted by Crippen LogP contribution is -2.44. The predicted molar refractivity (Wildman–Crippen MR) is 129 cm³/mol. The number of piperidine rings is 1. The molecule has 0 unspecified atom stereocenters. The first kappa shape index (κ1) is 22.1. The molecule has 2 aliphatic rings. The van der Waals surface area contributed by atoms with Crippen molar-refractivity contribution >= 4 is 50.2 Å². The number of carbonyl (C=O) groups is 1. The van der Waals surface area contributed by atoms with E-state index in [4.69, 9.17) is 21.6 Å². The number of amides is 1. The Labute approximate surface area is 197 Å². The summed E-state index contributed by atoms with van der Waals surface area (Å²) in [5, 5.41) is 0.201. The summed E-state index contributed by atoms with van der Waals surface area (Å²) in [6.07, 6.45) is 2.70. The average molecular weight is 486 g/mol. The molecule has 2 aromatic carbocycles. The van der Waals surface area contributed by atoms with Crippen molar-refractivity contribution in [2.24, 2.45) is 0 Å². The van der Waals surface area contributed by atoms with Gasteiger partial charge < -0.3 is 4.90 Å². The summed E-state index contributed by atoms with van der Waals surface area (Å²) in [5.41, 5.74) is 1.56.